The highest BCUT2D eigenvalue weighted by Crippen LogP contribution is 2.38. The van der Waals surface area contributed by atoms with Crippen molar-refractivity contribution in [1.82, 2.24) is 19.4 Å². The van der Waals surface area contributed by atoms with E-state index in [-0.39, 0.29) is 17.8 Å². The Morgan fingerprint density at radius 2 is 1.80 bits per heavy atom. The molecule has 1 unspecified atom stereocenters. The quantitative estimate of drug-likeness (QED) is 0.602. The zero-order valence-electron chi connectivity index (χ0n) is 21.2. The summed E-state index contributed by atoms with van der Waals surface area (Å²) in [7, 11) is 0. The third-order valence-electron chi connectivity index (χ3n) is 7.44. The summed E-state index contributed by atoms with van der Waals surface area (Å²) in [5.74, 6) is 1.83. The molecule has 4 heterocycles. The standard InChI is InChI=1S/C27H36N6O2/c1-18(2)33-17-23-24(26(33)35)28-27(31-14-12-30(13-15-31)20(4)34)29-25(23)32-11-5-6-22(32)16-21-9-7-19(3)8-10-21/h7-10,17-18,22,35H,5-6,11-16H2,1-4H3. The number of aryl methyl sites for hydroxylation is 1. The van der Waals surface area contributed by atoms with E-state index < -0.39 is 0 Å². The van der Waals surface area contributed by atoms with Gasteiger partial charge in [0.2, 0.25) is 17.7 Å². The average Bonchev–Trinajstić information content (AvgIpc) is 3.44. The van der Waals surface area contributed by atoms with E-state index in [9.17, 15) is 9.90 Å². The molecule has 2 aliphatic rings. The van der Waals surface area contributed by atoms with Gasteiger partial charge >= 0.3 is 0 Å². The first kappa shape index (κ1) is 23.5. The second-order valence-corrected chi connectivity index (χ2v) is 10.2. The molecule has 1 N–H and O–H groups in total. The van der Waals surface area contributed by atoms with Crippen LogP contribution < -0.4 is 9.80 Å². The molecule has 1 amide bonds. The van der Waals surface area contributed by atoms with E-state index in [1.807, 2.05) is 15.7 Å². The molecule has 2 saturated heterocycles. The molecular formula is C27H36N6O2. The Morgan fingerprint density at radius 3 is 2.46 bits per heavy atom. The fourth-order valence-corrected chi connectivity index (χ4v) is 5.36. The number of hydrogen-bond donors (Lipinski definition) is 1. The minimum Gasteiger partial charge on any atom is -0.493 e. The van der Waals surface area contributed by atoms with E-state index in [2.05, 4.69) is 54.8 Å². The van der Waals surface area contributed by atoms with Gasteiger partial charge in [0.1, 0.15) is 11.3 Å². The maximum Gasteiger partial charge on any atom is 0.228 e. The first-order chi connectivity index (χ1) is 16.8. The van der Waals surface area contributed by atoms with Crippen LogP contribution in [0.25, 0.3) is 10.9 Å². The fraction of sp³-hybridized carbons (Fsp3) is 0.519. The van der Waals surface area contributed by atoms with Crippen molar-refractivity contribution in [3.63, 3.8) is 0 Å². The SMILES string of the molecule is CC(=O)N1CCN(c2nc(N3CCCC3Cc3ccc(C)cc3)c3cn(C(C)C)c(O)c3n2)CC1. The van der Waals surface area contributed by atoms with Crippen molar-refractivity contribution in [3.8, 4) is 5.88 Å². The molecule has 1 atom stereocenters. The van der Waals surface area contributed by atoms with Gasteiger partial charge in [0.25, 0.3) is 0 Å². The molecule has 186 valence electrons. The number of hydrogen-bond acceptors (Lipinski definition) is 6. The molecule has 8 nitrogen and oxygen atoms in total. The van der Waals surface area contributed by atoms with Gasteiger partial charge in [0, 0.05) is 57.9 Å². The Morgan fingerprint density at radius 1 is 1.09 bits per heavy atom. The minimum absolute atomic E-state index is 0.101. The van der Waals surface area contributed by atoms with E-state index in [1.165, 1.54) is 11.1 Å². The van der Waals surface area contributed by atoms with E-state index in [0.29, 0.717) is 43.7 Å². The van der Waals surface area contributed by atoms with Crippen molar-refractivity contribution >= 4 is 28.6 Å². The Balaban J connectivity index is 1.53. The maximum absolute atomic E-state index is 11.8. The maximum atomic E-state index is 11.8. The van der Waals surface area contributed by atoms with Crippen LogP contribution in [0.4, 0.5) is 11.8 Å². The number of piperazine rings is 1. The van der Waals surface area contributed by atoms with E-state index in [1.54, 1.807) is 6.92 Å². The number of benzene rings is 1. The Hall–Kier alpha value is -3.29. The Labute approximate surface area is 207 Å². The van der Waals surface area contributed by atoms with E-state index in [0.717, 1.165) is 37.0 Å². The van der Waals surface area contributed by atoms with Gasteiger partial charge in [-0.3, -0.25) is 4.79 Å². The molecule has 35 heavy (non-hydrogen) atoms. The highest BCUT2D eigenvalue weighted by Gasteiger charge is 2.31. The van der Waals surface area contributed by atoms with Crippen molar-refractivity contribution in [2.24, 2.45) is 0 Å². The van der Waals surface area contributed by atoms with Crippen molar-refractivity contribution in [2.45, 2.75) is 59.0 Å². The van der Waals surface area contributed by atoms with Crippen molar-refractivity contribution < 1.29 is 9.90 Å². The van der Waals surface area contributed by atoms with Crippen LogP contribution in [-0.4, -0.2) is 69.2 Å². The molecule has 0 aliphatic carbocycles. The molecule has 0 radical (unpaired) electrons. The number of rotatable bonds is 5. The Kier molecular flexibility index (Phi) is 6.30. The smallest absolute Gasteiger partial charge is 0.228 e. The zero-order chi connectivity index (χ0) is 24.7. The number of carbonyl (C=O) groups is 1. The van der Waals surface area contributed by atoms with Gasteiger partial charge in [-0.2, -0.15) is 4.98 Å². The Bertz CT molecular complexity index is 1210. The summed E-state index contributed by atoms with van der Waals surface area (Å²) in [6, 6.07) is 9.27. The van der Waals surface area contributed by atoms with Crippen LogP contribution in [0.1, 0.15) is 50.8 Å². The molecule has 0 bridgehead atoms. The number of fused-ring (bicyclic) bond motifs is 1. The van der Waals surface area contributed by atoms with Gasteiger partial charge in [-0.25, -0.2) is 4.98 Å². The van der Waals surface area contributed by atoms with Gasteiger partial charge in [0.05, 0.1) is 5.39 Å². The normalized spacial score (nSPS) is 18.8. The van der Waals surface area contributed by atoms with Crippen molar-refractivity contribution in [1.29, 1.82) is 0 Å². The predicted molar refractivity (Wildman–Crippen MR) is 139 cm³/mol. The van der Waals surface area contributed by atoms with Crippen LogP contribution in [0.3, 0.4) is 0 Å². The number of nitrogens with zero attached hydrogens (tertiary/aromatic N) is 6. The number of carbonyl (C=O) groups excluding carboxylic acids is 1. The van der Waals surface area contributed by atoms with Gasteiger partial charge in [-0.1, -0.05) is 29.8 Å². The number of anilines is 2. The van der Waals surface area contributed by atoms with Gasteiger partial charge in [-0.15, -0.1) is 0 Å². The summed E-state index contributed by atoms with van der Waals surface area (Å²) in [5.41, 5.74) is 3.21. The van der Waals surface area contributed by atoms with Crippen LogP contribution in [0.2, 0.25) is 0 Å². The highest BCUT2D eigenvalue weighted by atomic mass is 16.3. The average molecular weight is 477 g/mol. The van der Waals surface area contributed by atoms with E-state index >= 15 is 0 Å². The van der Waals surface area contributed by atoms with Crippen LogP contribution in [0, 0.1) is 6.92 Å². The minimum atomic E-state index is 0.101. The van der Waals surface area contributed by atoms with Crippen LogP contribution in [0.5, 0.6) is 5.88 Å². The van der Waals surface area contributed by atoms with Crippen LogP contribution in [-0.2, 0) is 11.2 Å². The first-order valence-electron chi connectivity index (χ1n) is 12.8. The fourth-order valence-electron chi connectivity index (χ4n) is 5.36. The first-order valence-corrected chi connectivity index (χ1v) is 12.8. The van der Waals surface area contributed by atoms with Crippen LogP contribution in [0.15, 0.2) is 30.5 Å². The monoisotopic (exact) mass is 476 g/mol. The number of amides is 1. The van der Waals surface area contributed by atoms with Crippen molar-refractivity contribution in [3.05, 3.63) is 41.6 Å². The molecule has 1 aromatic carbocycles. The summed E-state index contributed by atoms with van der Waals surface area (Å²) in [6.45, 7) is 11.5. The molecule has 5 rings (SSSR count). The highest BCUT2D eigenvalue weighted by molar-refractivity contribution is 5.94. The largest absolute Gasteiger partial charge is 0.493 e. The van der Waals surface area contributed by atoms with Gasteiger partial charge in [-0.05, 0) is 45.6 Å². The molecule has 0 spiro atoms. The number of aromatic nitrogens is 3. The van der Waals surface area contributed by atoms with Crippen molar-refractivity contribution in [2.75, 3.05) is 42.5 Å². The second kappa shape index (κ2) is 9.40. The molecule has 2 aliphatic heterocycles. The number of aromatic hydroxyl groups is 1. The van der Waals surface area contributed by atoms with Crippen LogP contribution >= 0.6 is 0 Å². The topological polar surface area (TPSA) is 77.7 Å². The van der Waals surface area contributed by atoms with Gasteiger partial charge in [0.15, 0.2) is 0 Å². The summed E-state index contributed by atoms with van der Waals surface area (Å²) >= 11 is 0. The lowest BCUT2D eigenvalue weighted by molar-refractivity contribution is -0.129. The molecule has 8 heteroatoms. The summed E-state index contributed by atoms with van der Waals surface area (Å²) in [5, 5.41) is 12.0. The molecule has 2 fully saturated rings. The lowest BCUT2D eigenvalue weighted by atomic mass is 10.0. The summed E-state index contributed by atoms with van der Waals surface area (Å²) in [4.78, 5) is 28.2. The van der Waals surface area contributed by atoms with Gasteiger partial charge < -0.3 is 24.4 Å². The lowest BCUT2D eigenvalue weighted by Gasteiger charge is -2.35. The molecular weight excluding hydrogens is 440 g/mol. The molecule has 3 aromatic rings. The zero-order valence-corrected chi connectivity index (χ0v) is 21.2. The summed E-state index contributed by atoms with van der Waals surface area (Å²) in [6.07, 6.45) is 5.20. The lowest BCUT2D eigenvalue weighted by Crippen LogP contribution is -2.48. The third kappa shape index (κ3) is 4.54. The second-order valence-electron chi connectivity index (χ2n) is 10.2. The molecule has 2 aromatic heterocycles. The molecule has 0 saturated carbocycles. The van der Waals surface area contributed by atoms with E-state index in [4.69, 9.17) is 9.97 Å². The third-order valence-corrected chi connectivity index (χ3v) is 7.44. The predicted octanol–water partition coefficient (Wildman–Crippen LogP) is 3.91. The summed E-state index contributed by atoms with van der Waals surface area (Å²) < 4.78 is 1.88.